The predicted molar refractivity (Wildman–Crippen MR) is 70.7 cm³/mol. The monoisotopic (exact) mass is 243 g/mol. The van der Waals surface area contributed by atoms with Crippen LogP contribution in [0.1, 0.15) is 17.7 Å². The van der Waals surface area contributed by atoms with Gasteiger partial charge in [-0.25, -0.2) is 0 Å². The summed E-state index contributed by atoms with van der Waals surface area (Å²) in [6.07, 6.45) is 6.24. The molecule has 1 aromatic carbocycles. The fourth-order valence-electron chi connectivity index (χ4n) is 1.29. The van der Waals surface area contributed by atoms with E-state index in [0.717, 1.165) is 17.7 Å². The zero-order valence-corrected chi connectivity index (χ0v) is 10.4. The maximum absolute atomic E-state index is 10.4. The van der Waals surface area contributed by atoms with Gasteiger partial charge in [-0.1, -0.05) is 30.3 Å². The number of carbonyl (C=O) groups is 1. The van der Waals surface area contributed by atoms with Gasteiger partial charge in [0, 0.05) is 25.0 Å². The summed E-state index contributed by atoms with van der Waals surface area (Å²) in [6, 6.07) is 9.84. The number of nitrogens with zero attached hydrogens (tertiary/aromatic N) is 2. The van der Waals surface area contributed by atoms with E-state index >= 15 is 0 Å². The molecule has 0 aliphatic heterocycles. The smallest absolute Gasteiger partial charge is 0.217 e. The molecular formula is C14H17N3O. The van der Waals surface area contributed by atoms with Gasteiger partial charge in [0.1, 0.15) is 0 Å². The first kappa shape index (κ1) is 13.8. The summed E-state index contributed by atoms with van der Waals surface area (Å²) in [6.45, 7) is 1.91. The Morgan fingerprint density at radius 3 is 2.39 bits per heavy atom. The van der Waals surface area contributed by atoms with Crippen molar-refractivity contribution in [2.45, 2.75) is 19.8 Å². The number of hydrogen-bond donors (Lipinski definition) is 1. The largest absolute Gasteiger partial charge is 0.370 e. The molecular weight excluding hydrogens is 226 g/mol. The standard InChI is InChI=1S/C9H11NO.C5H6N2/c10-9(11)7-6-8-4-2-1-3-5-8;1-5-4-6-2-3-7-5/h1-5H,6-7H2,(H2,10,11);2-4H,1H3. The van der Waals surface area contributed by atoms with Crippen molar-refractivity contribution in [2.24, 2.45) is 5.73 Å². The zero-order valence-electron chi connectivity index (χ0n) is 10.4. The number of benzene rings is 1. The van der Waals surface area contributed by atoms with Crippen LogP contribution in [-0.2, 0) is 11.2 Å². The van der Waals surface area contributed by atoms with Gasteiger partial charge in [0.05, 0.1) is 5.69 Å². The Bertz CT molecular complexity index is 457. The predicted octanol–water partition coefficient (Wildman–Crippen LogP) is 1.89. The van der Waals surface area contributed by atoms with E-state index in [0.29, 0.717) is 6.42 Å². The van der Waals surface area contributed by atoms with Crippen LogP contribution in [-0.4, -0.2) is 15.9 Å². The highest BCUT2D eigenvalue weighted by molar-refractivity contribution is 5.73. The van der Waals surface area contributed by atoms with Crippen LogP contribution in [0.4, 0.5) is 0 Å². The van der Waals surface area contributed by atoms with Crippen molar-refractivity contribution in [1.29, 1.82) is 0 Å². The lowest BCUT2D eigenvalue weighted by molar-refractivity contribution is -0.117. The van der Waals surface area contributed by atoms with E-state index in [1.165, 1.54) is 0 Å². The summed E-state index contributed by atoms with van der Waals surface area (Å²) in [5, 5.41) is 0. The molecule has 1 heterocycles. The molecule has 0 fully saturated rings. The molecule has 2 N–H and O–H groups in total. The maximum atomic E-state index is 10.4. The molecule has 0 bridgehead atoms. The maximum Gasteiger partial charge on any atom is 0.217 e. The van der Waals surface area contributed by atoms with Gasteiger partial charge in [0.2, 0.25) is 5.91 Å². The molecule has 0 unspecified atom stereocenters. The van der Waals surface area contributed by atoms with Crippen LogP contribution in [0.15, 0.2) is 48.9 Å². The first-order valence-corrected chi connectivity index (χ1v) is 5.73. The fraction of sp³-hybridized carbons (Fsp3) is 0.214. The first-order valence-electron chi connectivity index (χ1n) is 5.73. The van der Waals surface area contributed by atoms with Crippen LogP contribution in [0, 0.1) is 6.92 Å². The Kier molecular flexibility index (Phi) is 6.11. The second-order valence-electron chi connectivity index (χ2n) is 3.80. The highest BCUT2D eigenvalue weighted by atomic mass is 16.1. The molecule has 0 saturated heterocycles. The second-order valence-corrected chi connectivity index (χ2v) is 3.80. The lowest BCUT2D eigenvalue weighted by atomic mass is 10.1. The van der Waals surface area contributed by atoms with E-state index in [2.05, 4.69) is 9.97 Å². The van der Waals surface area contributed by atoms with E-state index in [9.17, 15) is 4.79 Å². The number of rotatable bonds is 3. The number of nitrogens with two attached hydrogens (primary N) is 1. The quantitative estimate of drug-likeness (QED) is 0.895. The van der Waals surface area contributed by atoms with Crippen molar-refractivity contribution in [3.05, 3.63) is 60.2 Å². The van der Waals surface area contributed by atoms with Crippen LogP contribution in [0.5, 0.6) is 0 Å². The average molecular weight is 243 g/mol. The Hall–Kier alpha value is -2.23. The van der Waals surface area contributed by atoms with Crippen LogP contribution < -0.4 is 5.73 Å². The third-order valence-corrected chi connectivity index (χ3v) is 2.20. The summed E-state index contributed by atoms with van der Waals surface area (Å²) < 4.78 is 0. The minimum atomic E-state index is -0.242. The molecule has 94 valence electrons. The number of carbonyl (C=O) groups excluding carboxylic acids is 1. The highest BCUT2D eigenvalue weighted by Crippen LogP contribution is 2.01. The molecule has 0 radical (unpaired) electrons. The summed E-state index contributed by atoms with van der Waals surface area (Å²) in [7, 11) is 0. The van der Waals surface area contributed by atoms with Crippen molar-refractivity contribution >= 4 is 5.91 Å². The van der Waals surface area contributed by atoms with Crippen molar-refractivity contribution in [2.75, 3.05) is 0 Å². The number of primary amides is 1. The Balaban J connectivity index is 0.000000199. The molecule has 2 aromatic rings. The summed E-state index contributed by atoms with van der Waals surface area (Å²) in [5.74, 6) is -0.242. The highest BCUT2D eigenvalue weighted by Gasteiger charge is 1.94. The summed E-state index contributed by atoms with van der Waals surface area (Å²) in [4.78, 5) is 18.1. The number of aryl methyl sites for hydroxylation is 2. The van der Waals surface area contributed by atoms with Crippen molar-refractivity contribution < 1.29 is 4.79 Å². The topological polar surface area (TPSA) is 68.9 Å². The summed E-state index contributed by atoms with van der Waals surface area (Å²) >= 11 is 0. The lowest BCUT2D eigenvalue weighted by Gasteiger charge is -1.96. The Morgan fingerprint density at radius 2 is 1.94 bits per heavy atom. The minimum absolute atomic E-state index is 0.242. The number of amides is 1. The zero-order chi connectivity index (χ0) is 13.2. The van der Waals surface area contributed by atoms with Crippen molar-refractivity contribution in [1.82, 2.24) is 9.97 Å². The lowest BCUT2D eigenvalue weighted by Crippen LogP contribution is -2.10. The fourth-order valence-corrected chi connectivity index (χ4v) is 1.29. The van der Waals surface area contributed by atoms with Gasteiger partial charge in [0.15, 0.2) is 0 Å². The van der Waals surface area contributed by atoms with Crippen molar-refractivity contribution in [3.8, 4) is 0 Å². The normalized spacial score (nSPS) is 9.17. The molecule has 0 spiro atoms. The SMILES string of the molecule is Cc1cnccn1.NC(=O)CCc1ccccc1. The van der Waals surface area contributed by atoms with Gasteiger partial charge in [-0.15, -0.1) is 0 Å². The van der Waals surface area contributed by atoms with E-state index in [4.69, 9.17) is 5.73 Å². The Labute approximate surface area is 107 Å². The third-order valence-electron chi connectivity index (χ3n) is 2.20. The van der Waals surface area contributed by atoms with Gasteiger partial charge in [-0.05, 0) is 18.9 Å². The van der Waals surface area contributed by atoms with E-state index < -0.39 is 0 Å². The molecule has 2 rings (SSSR count). The van der Waals surface area contributed by atoms with Gasteiger partial charge in [-0.2, -0.15) is 0 Å². The molecule has 0 atom stereocenters. The van der Waals surface area contributed by atoms with Crippen LogP contribution >= 0.6 is 0 Å². The molecule has 0 aliphatic carbocycles. The van der Waals surface area contributed by atoms with E-state index in [1.54, 1.807) is 18.6 Å². The van der Waals surface area contributed by atoms with Gasteiger partial charge >= 0.3 is 0 Å². The van der Waals surface area contributed by atoms with Gasteiger partial charge < -0.3 is 5.73 Å². The van der Waals surface area contributed by atoms with Gasteiger partial charge in [0.25, 0.3) is 0 Å². The molecule has 0 saturated carbocycles. The average Bonchev–Trinajstić information content (AvgIpc) is 2.39. The molecule has 4 heteroatoms. The van der Waals surface area contributed by atoms with Crippen LogP contribution in [0.2, 0.25) is 0 Å². The van der Waals surface area contributed by atoms with Crippen molar-refractivity contribution in [3.63, 3.8) is 0 Å². The third kappa shape index (κ3) is 6.37. The molecule has 1 amide bonds. The molecule has 0 aliphatic rings. The molecule has 4 nitrogen and oxygen atoms in total. The molecule has 1 aromatic heterocycles. The van der Waals surface area contributed by atoms with E-state index in [-0.39, 0.29) is 5.91 Å². The molecule has 18 heavy (non-hydrogen) atoms. The first-order chi connectivity index (χ1) is 8.68. The number of aromatic nitrogens is 2. The minimum Gasteiger partial charge on any atom is -0.370 e. The number of hydrogen-bond acceptors (Lipinski definition) is 3. The Morgan fingerprint density at radius 1 is 1.22 bits per heavy atom. The van der Waals surface area contributed by atoms with Crippen LogP contribution in [0.3, 0.4) is 0 Å². The van der Waals surface area contributed by atoms with Gasteiger partial charge in [-0.3, -0.25) is 14.8 Å². The second kappa shape index (κ2) is 7.95. The van der Waals surface area contributed by atoms with E-state index in [1.807, 2.05) is 37.3 Å². The van der Waals surface area contributed by atoms with Crippen LogP contribution in [0.25, 0.3) is 0 Å². The summed E-state index contributed by atoms with van der Waals surface area (Å²) in [5.41, 5.74) is 7.12.